The topological polar surface area (TPSA) is 57.4 Å². The highest BCUT2D eigenvalue weighted by molar-refractivity contribution is 7.18. The van der Waals surface area contributed by atoms with Crippen LogP contribution in [0.1, 0.15) is 11.3 Å². The quantitative estimate of drug-likeness (QED) is 0.925. The summed E-state index contributed by atoms with van der Waals surface area (Å²) in [5, 5.41) is 1.60. The third-order valence-corrected chi connectivity index (χ3v) is 3.86. The average molecular weight is 264 g/mol. The van der Waals surface area contributed by atoms with Crippen LogP contribution in [-0.2, 0) is 0 Å². The minimum absolute atomic E-state index is 0.737. The molecule has 0 aliphatic carbocycles. The number of hydrogen-bond donors (Lipinski definition) is 1. The van der Waals surface area contributed by atoms with E-state index in [2.05, 4.69) is 4.98 Å². The van der Waals surface area contributed by atoms with E-state index in [1.807, 2.05) is 26.0 Å². The molecule has 0 bridgehead atoms. The van der Waals surface area contributed by atoms with Gasteiger partial charge in [-0.1, -0.05) is 11.3 Å². The molecule has 0 spiro atoms. The Morgan fingerprint density at radius 3 is 2.39 bits per heavy atom. The lowest BCUT2D eigenvalue weighted by Gasteiger charge is -2.12. The Bertz CT molecular complexity index is 559. The predicted molar refractivity (Wildman–Crippen MR) is 74.5 cm³/mol. The summed E-state index contributed by atoms with van der Waals surface area (Å²) in [7, 11) is 3.29. The van der Waals surface area contributed by atoms with Crippen molar-refractivity contribution < 1.29 is 9.47 Å². The summed E-state index contributed by atoms with van der Waals surface area (Å²) >= 11 is 1.47. The van der Waals surface area contributed by atoms with Gasteiger partial charge in [-0.05, 0) is 26.0 Å². The molecule has 1 aromatic carbocycles. The van der Waals surface area contributed by atoms with Gasteiger partial charge in [0.05, 0.1) is 25.5 Å². The van der Waals surface area contributed by atoms with E-state index < -0.39 is 0 Å². The molecule has 96 valence electrons. The predicted octanol–water partition coefficient (Wildman–Crippen LogP) is 3.03. The molecule has 18 heavy (non-hydrogen) atoms. The van der Waals surface area contributed by atoms with E-state index in [1.165, 1.54) is 11.3 Å². The van der Waals surface area contributed by atoms with Gasteiger partial charge < -0.3 is 15.2 Å². The number of rotatable bonds is 3. The molecular formula is C13H16N2O2S. The number of aryl methyl sites for hydroxylation is 1. The van der Waals surface area contributed by atoms with E-state index >= 15 is 0 Å². The van der Waals surface area contributed by atoms with Crippen molar-refractivity contribution in [2.24, 2.45) is 0 Å². The third-order valence-electron chi connectivity index (χ3n) is 2.84. The van der Waals surface area contributed by atoms with Crippen molar-refractivity contribution >= 4 is 16.3 Å². The Kier molecular flexibility index (Phi) is 3.43. The maximum absolute atomic E-state index is 5.85. The van der Waals surface area contributed by atoms with E-state index in [0.29, 0.717) is 0 Å². The monoisotopic (exact) mass is 264 g/mol. The lowest BCUT2D eigenvalue weighted by atomic mass is 10.1. The Morgan fingerprint density at radius 1 is 1.17 bits per heavy atom. The number of thiazole rings is 1. The van der Waals surface area contributed by atoms with Gasteiger partial charge in [-0.3, -0.25) is 0 Å². The van der Waals surface area contributed by atoms with Gasteiger partial charge in [0, 0.05) is 5.56 Å². The lowest BCUT2D eigenvalue weighted by molar-refractivity contribution is 0.390. The summed E-state index contributed by atoms with van der Waals surface area (Å²) in [5.74, 6) is 1.58. The Balaban J connectivity index is 2.61. The van der Waals surface area contributed by atoms with Gasteiger partial charge in [0.1, 0.15) is 21.5 Å². The van der Waals surface area contributed by atoms with Crippen LogP contribution >= 0.6 is 11.3 Å². The van der Waals surface area contributed by atoms with Gasteiger partial charge >= 0.3 is 0 Å². The van der Waals surface area contributed by atoms with E-state index in [0.717, 1.165) is 38.3 Å². The van der Waals surface area contributed by atoms with Crippen molar-refractivity contribution in [3.63, 3.8) is 0 Å². The molecule has 1 heterocycles. The average Bonchev–Trinajstić information content (AvgIpc) is 2.69. The standard InChI is InChI=1S/C13H16N2O2S/c1-7-10(16-3)6-5-9(11(7)17-4)13-15-8(2)12(14)18-13/h5-6H,14H2,1-4H3. The van der Waals surface area contributed by atoms with E-state index in [-0.39, 0.29) is 0 Å². The second-order valence-electron chi connectivity index (χ2n) is 3.94. The Morgan fingerprint density at radius 2 is 1.89 bits per heavy atom. The molecule has 2 rings (SSSR count). The van der Waals surface area contributed by atoms with Crippen LogP contribution in [0.3, 0.4) is 0 Å². The summed E-state index contributed by atoms with van der Waals surface area (Å²) in [6.45, 7) is 3.86. The number of anilines is 1. The minimum atomic E-state index is 0.737. The largest absolute Gasteiger partial charge is 0.496 e. The Hall–Kier alpha value is -1.75. The molecule has 1 aromatic heterocycles. The number of methoxy groups -OCH3 is 2. The maximum atomic E-state index is 5.85. The van der Waals surface area contributed by atoms with Gasteiger partial charge in [0.2, 0.25) is 0 Å². The number of benzene rings is 1. The van der Waals surface area contributed by atoms with Crippen LogP contribution in [0.25, 0.3) is 10.6 Å². The van der Waals surface area contributed by atoms with Gasteiger partial charge in [-0.15, -0.1) is 0 Å². The third kappa shape index (κ3) is 2.01. The molecule has 0 saturated carbocycles. The first-order valence-electron chi connectivity index (χ1n) is 5.53. The number of aromatic nitrogens is 1. The van der Waals surface area contributed by atoms with Crippen LogP contribution in [0.5, 0.6) is 11.5 Å². The molecule has 0 atom stereocenters. The fourth-order valence-corrected chi connectivity index (χ4v) is 2.70. The van der Waals surface area contributed by atoms with Crippen LogP contribution in [0.4, 0.5) is 5.00 Å². The van der Waals surface area contributed by atoms with Crippen LogP contribution in [0.2, 0.25) is 0 Å². The molecule has 5 heteroatoms. The fourth-order valence-electron chi connectivity index (χ4n) is 1.85. The first kappa shape index (κ1) is 12.7. The first-order valence-corrected chi connectivity index (χ1v) is 6.35. The van der Waals surface area contributed by atoms with Crippen LogP contribution in [0.15, 0.2) is 12.1 Å². The molecule has 0 unspecified atom stereocenters. The minimum Gasteiger partial charge on any atom is -0.496 e. The van der Waals surface area contributed by atoms with Gasteiger partial charge in [0.15, 0.2) is 0 Å². The zero-order chi connectivity index (χ0) is 13.3. The summed E-state index contributed by atoms with van der Waals surface area (Å²) in [5.41, 5.74) is 8.61. The fraction of sp³-hybridized carbons (Fsp3) is 0.308. The number of hydrogen-bond acceptors (Lipinski definition) is 5. The lowest BCUT2D eigenvalue weighted by Crippen LogP contribution is -1.95. The summed E-state index contributed by atoms with van der Waals surface area (Å²) in [4.78, 5) is 4.46. The molecule has 0 saturated heterocycles. The highest BCUT2D eigenvalue weighted by Gasteiger charge is 2.16. The van der Waals surface area contributed by atoms with Crippen LogP contribution < -0.4 is 15.2 Å². The van der Waals surface area contributed by atoms with Gasteiger partial charge in [0.25, 0.3) is 0 Å². The highest BCUT2D eigenvalue weighted by atomic mass is 32.1. The highest BCUT2D eigenvalue weighted by Crippen LogP contribution is 2.40. The normalized spacial score (nSPS) is 10.4. The molecule has 0 radical (unpaired) electrons. The number of ether oxygens (including phenoxy) is 2. The smallest absolute Gasteiger partial charge is 0.135 e. The summed E-state index contributed by atoms with van der Waals surface area (Å²) < 4.78 is 10.8. The molecule has 0 fully saturated rings. The molecular weight excluding hydrogens is 248 g/mol. The van der Waals surface area contributed by atoms with Crippen LogP contribution in [-0.4, -0.2) is 19.2 Å². The second-order valence-corrected chi connectivity index (χ2v) is 4.97. The number of nitrogens with two attached hydrogens (primary N) is 1. The van der Waals surface area contributed by atoms with Crippen molar-refractivity contribution in [3.8, 4) is 22.1 Å². The molecule has 4 nitrogen and oxygen atoms in total. The SMILES string of the molecule is COc1ccc(-c2nc(C)c(N)s2)c(OC)c1C. The van der Waals surface area contributed by atoms with Gasteiger partial charge in [-0.25, -0.2) is 4.98 Å². The van der Waals surface area contributed by atoms with Crippen molar-refractivity contribution in [3.05, 3.63) is 23.4 Å². The van der Waals surface area contributed by atoms with E-state index in [9.17, 15) is 0 Å². The number of nitrogen functional groups attached to an aromatic ring is 1. The second kappa shape index (κ2) is 4.86. The molecule has 0 aliphatic heterocycles. The molecule has 2 aromatic rings. The van der Waals surface area contributed by atoms with Crippen LogP contribution in [0, 0.1) is 13.8 Å². The van der Waals surface area contributed by atoms with Crippen molar-refractivity contribution in [1.29, 1.82) is 0 Å². The molecule has 2 N–H and O–H groups in total. The van der Waals surface area contributed by atoms with E-state index in [1.54, 1.807) is 14.2 Å². The first-order chi connectivity index (χ1) is 8.58. The molecule has 0 aliphatic rings. The van der Waals surface area contributed by atoms with Crippen molar-refractivity contribution in [1.82, 2.24) is 4.98 Å². The Labute approximate surface area is 110 Å². The zero-order valence-electron chi connectivity index (χ0n) is 10.9. The van der Waals surface area contributed by atoms with Gasteiger partial charge in [-0.2, -0.15) is 0 Å². The van der Waals surface area contributed by atoms with Crippen molar-refractivity contribution in [2.45, 2.75) is 13.8 Å². The molecule has 0 amide bonds. The van der Waals surface area contributed by atoms with E-state index in [4.69, 9.17) is 15.2 Å². The maximum Gasteiger partial charge on any atom is 0.135 e. The number of nitrogens with zero attached hydrogens (tertiary/aromatic N) is 1. The zero-order valence-corrected chi connectivity index (χ0v) is 11.7. The summed E-state index contributed by atoms with van der Waals surface area (Å²) in [6.07, 6.45) is 0. The van der Waals surface area contributed by atoms with Crippen molar-refractivity contribution in [2.75, 3.05) is 20.0 Å². The summed E-state index contributed by atoms with van der Waals surface area (Å²) in [6, 6.07) is 3.86.